The molecule has 1 aliphatic rings. The summed E-state index contributed by atoms with van der Waals surface area (Å²) in [5, 5.41) is 4.84. The fourth-order valence-corrected chi connectivity index (χ4v) is 4.91. The standard InChI is InChI=1S/C26H29N3O5S/c1-3-35(32,33)28-23-12-11-20(17-24(23)34-2)27-25(30)19-13-15-29(16-14-19)26(31)22-10-6-8-18-7-4-5-9-21(18)22/h4-12,17,19,28H,3,13-16H2,1-2H3,(H,27,30). The van der Waals surface area contributed by atoms with Crippen molar-refractivity contribution in [3.05, 3.63) is 66.2 Å². The van der Waals surface area contributed by atoms with E-state index in [2.05, 4.69) is 10.0 Å². The van der Waals surface area contributed by atoms with E-state index in [-0.39, 0.29) is 23.5 Å². The molecule has 1 heterocycles. The molecule has 0 aliphatic carbocycles. The number of sulfonamides is 1. The number of amides is 2. The zero-order chi connectivity index (χ0) is 25.0. The molecular formula is C26H29N3O5S. The van der Waals surface area contributed by atoms with Gasteiger partial charge in [0.05, 0.1) is 18.6 Å². The van der Waals surface area contributed by atoms with Crippen molar-refractivity contribution in [2.24, 2.45) is 5.92 Å². The van der Waals surface area contributed by atoms with E-state index < -0.39 is 10.0 Å². The number of nitrogens with one attached hydrogen (secondary N) is 2. The van der Waals surface area contributed by atoms with E-state index in [0.29, 0.717) is 48.6 Å². The average Bonchev–Trinajstić information content (AvgIpc) is 2.88. The van der Waals surface area contributed by atoms with Crippen LogP contribution in [0.25, 0.3) is 10.8 Å². The summed E-state index contributed by atoms with van der Waals surface area (Å²) in [4.78, 5) is 27.9. The molecule has 0 bridgehead atoms. The molecule has 0 aromatic heterocycles. The van der Waals surface area contributed by atoms with Crippen molar-refractivity contribution in [2.75, 3.05) is 36.0 Å². The molecule has 9 heteroatoms. The second-order valence-electron chi connectivity index (χ2n) is 8.50. The number of nitrogens with zero attached hydrogens (tertiary/aromatic N) is 1. The molecule has 35 heavy (non-hydrogen) atoms. The summed E-state index contributed by atoms with van der Waals surface area (Å²) in [6, 6.07) is 18.3. The molecule has 1 aliphatic heterocycles. The van der Waals surface area contributed by atoms with E-state index in [1.54, 1.807) is 25.1 Å². The molecule has 0 radical (unpaired) electrons. The summed E-state index contributed by atoms with van der Waals surface area (Å²) in [5.41, 5.74) is 1.50. The van der Waals surface area contributed by atoms with Gasteiger partial charge < -0.3 is 15.0 Å². The Morgan fingerprint density at radius 2 is 1.74 bits per heavy atom. The number of anilines is 2. The molecule has 0 unspecified atom stereocenters. The molecular weight excluding hydrogens is 466 g/mol. The lowest BCUT2D eigenvalue weighted by Gasteiger charge is -2.31. The SMILES string of the molecule is CCS(=O)(=O)Nc1ccc(NC(=O)C2CCN(C(=O)c3cccc4ccccc34)CC2)cc1OC. The maximum absolute atomic E-state index is 13.2. The summed E-state index contributed by atoms with van der Waals surface area (Å²) < 4.78 is 31.5. The molecule has 0 spiro atoms. The lowest BCUT2D eigenvalue weighted by atomic mass is 9.94. The van der Waals surface area contributed by atoms with Crippen LogP contribution in [0, 0.1) is 5.92 Å². The van der Waals surface area contributed by atoms with Crippen LogP contribution in [0.5, 0.6) is 5.75 Å². The highest BCUT2D eigenvalue weighted by Crippen LogP contribution is 2.30. The third kappa shape index (κ3) is 5.57. The lowest BCUT2D eigenvalue weighted by molar-refractivity contribution is -0.121. The van der Waals surface area contributed by atoms with Gasteiger partial charge in [-0.05, 0) is 48.7 Å². The molecule has 2 N–H and O–H groups in total. The van der Waals surface area contributed by atoms with Gasteiger partial charge in [-0.3, -0.25) is 14.3 Å². The molecule has 184 valence electrons. The van der Waals surface area contributed by atoms with Gasteiger partial charge in [0, 0.05) is 36.3 Å². The summed E-state index contributed by atoms with van der Waals surface area (Å²) in [5.74, 6) is -0.121. The molecule has 0 saturated carbocycles. The summed E-state index contributed by atoms with van der Waals surface area (Å²) in [6.45, 7) is 2.55. The second kappa shape index (κ2) is 10.4. The minimum Gasteiger partial charge on any atom is -0.494 e. The van der Waals surface area contributed by atoms with Crippen molar-refractivity contribution < 1.29 is 22.7 Å². The van der Waals surface area contributed by atoms with Crippen LogP contribution in [-0.4, -0.2) is 51.1 Å². The van der Waals surface area contributed by atoms with Gasteiger partial charge in [-0.2, -0.15) is 0 Å². The number of ether oxygens (including phenoxy) is 1. The predicted molar refractivity (Wildman–Crippen MR) is 137 cm³/mol. The van der Waals surface area contributed by atoms with Gasteiger partial charge in [-0.25, -0.2) is 8.42 Å². The predicted octanol–water partition coefficient (Wildman–Crippen LogP) is 4.10. The molecule has 3 aromatic rings. The van der Waals surface area contributed by atoms with Gasteiger partial charge in [0.1, 0.15) is 5.75 Å². The molecule has 0 atom stereocenters. The van der Waals surface area contributed by atoms with Crippen LogP contribution in [-0.2, 0) is 14.8 Å². The highest BCUT2D eigenvalue weighted by Gasteiger charge is 2.28. The fourth-order valence-electron chi connectivity index (χ4n) is 4.26. The Balaban J connectivity index is 1.38. The van der Waals surface area contributed by atoms with E-state index in [9.17, 15) is 18.0 Å². The van der Waals surface area contributed by atoms with Crippen molar-refractivity contribution in [1.29, 1.82) is 0 Å². The smallest absolute Gasteiger partial charge is 0.254 e. The minimum atomic E-state index is -3.45. The first-order chi connectivity index (χ1) is 16.8. The average molecular weight is 496 g/mol. The topological polar surface area (TPSA) is 105 Å². The zero-order valence-electron chi connectivity index (χ0n) is 19.8. The summed E-state index contributed by atoms with van der Waals surface area (Å²) in [7, 11) is -2.01. The van der Waals surface area contributed by atoms with Gasteiger partial charge >= 0.3 is 0 Å². The number of piperidine rings is 1. The van der Waals surface area contributed by atoms with E-state index in [1.807, 2.05) is 47.4 Å². The van der Waals surface area contributed by atoms with Crippen molar-refractivity contribution in [3.8, 4) is 5.75 Å². The lowest BCUT2D eigenvalue weighted by Crippen LogP contribution is -2.41. The number of rotatable bonds is 7. The van der Waals surface area contributed by atoms with Crippen molar-refractivity contribution in [2.45, 2.75) is 19.8 Å². The summed E-state index contributed by atoms with van der Waals surface area (Å²) in [6.07, 6.45) is 1.13. The third-order valence-corrected chi connectivity index (χ3v) is 7.58. The van der Waals surface area contributed by atoms with Crippen LogP contribution >= 0.6 is 0 Å². The van der Waals surface area contributed by atoms with Crippen LogP contribution in [0.4, 0.5) is 11.4 Å². The Kier molecular flexibility index (Phi) is 7.25. The normalized spacial score (nSPS) is 14.5. The molecule has 2 amide bonds. The molecule has 4 rings (SSSR count). The number of hydrogen-bond acceptors (Lipinski definition) is 5. The first-order valence-corrected chi connectivity index (χ1v) is 13.2. The van der Waals surface area contributed by atoms with E-state index in [1.165, 1.54) is 7.11 Å². The molecule has 1 fully saturated rings. The zero-order valence-corrected chi connectivity index (χ0v) is 20.6. The maximum atomic E-state index is 13.2. The second-order valence-corrected chi connectivity index (χ2v) is 10.5. The first-order valence-electron chi connectivity index (χ1n) is 11.6. The van der Waals surface area contributed by atoms with Crippen molar-refractivity contribution in [1.82, 2.24) is 4.90 Å². The van der Waals surface area contributed by atoms with Gasteiger partial charge in [-0.1, -0.05) is 36.4 Å². The Hall–Kier alpha value is -3.59. The van der Waals surface area contributed by atoms with Gasteiger partial charge in [-0.15, -0.1) is 0 Å². The number of benzene rings is 3. The molecule has 3 aromatic carbocycles. The van der Waals surface area contributed by atoms with Crippen LogP contribution < -0.4 is 14.8 Å². The largest absolute Gasteiger partial charge is 0.494 e. The van der Waals surface area contributed by atoms with Crippen LogP contribution in [0.1, 0.15) is 30.1 Å². The Labute approximate surface area is 205 Å². The van der Waals surface area contributed by atoms with Gasteiger partial charge in [0.25, 0.3) is 5.91 Å². The molecule has 1 saturated heterocycles. The third-order valence-electron chi connectivity index (χ3n) is 6.29. The highest BCUT2D eigenvalue weighted by atomic mass is 32.2. The number of likely N-dealkylation sites (tertiary alicyclic amines) is 1. The Morgan fingerprint density at radius 3 is 2.46 bits per heavy atom. The highest BCUT2D eigenvalue weighted by molar-refractivity contribution is 7.92. The Morgan fingerprint density at radius 1 is 1.03 bits per heavy atom. The summed E-state index contributed by atoms with van der Waals surface area (Å²) >= 11 is 0. The maximum Gasteiger partial charge on any atom is 0.254 e. The van der Waals surface area contributed by atoms with E-state index in [4.69, 9.17) is 4.74 Å². The Bertz CT molecular complexity index is 1340. The van der Waals surface area contributed by atoms with E-state index in [0.717, 1.165) is 10.8 Å². The van der Waals surface area contributed by atoms with Gasteiger partial charge in [0.2, 0.25) is 15.9 Å². The first kappa shape index (κ1) is 24.5. The number of fused-ring (bicyclic) bond motifs is 1. The van der Waals surface area contributed by atoms with Crippen molar-refractivity contribution >= 4 is 44.0 Å². The van der Waals surface area contributed by atoms with Crippen molar-refractivity contribution in [3.63, 3.8) is 0 Å². The number of carbonyl (C=O) groups is 2. The monoisotopic (exact) mass is 495 g/mol. The van der Waals surface area contributed by atoms with Crippen LogP contribution in [0.3, 0.4) is 0 Å². The number of hydrogen-bond donors (Lipinski definition) is 2. The molecule has 8 nitrogen and oxygen atoms in total. The quantitative estimate of drug-likeness (QED) is 0.514. The number of methoxy groups -OCH3 is 1. The fraction of sp³-hybridized carbons (Fsp3) is 0.308. The number of carbonyl (C=O) groups excluding carboxylic acids is 2. The van der Waals surface area contributed by atoms with Gasteiger partial charge in [0.15, 0.2) is 0 Å². The van der Waals surface area contributed by atoms with Crippen LogP contribution in [0.2, 0.25) is 0 Å². The van der Waals surface area contributed by atoms with E-state index >= 15 is 0 Å². The minimum absolute atomic E-state index is 0.0180. The van der Waals surface area contributed by atoms with Crippen LogP contribution in [0.15, 0.2) is 60.7 Å².